The van der Waals surface area contributed by atoms with Crippen molar-refractivity contribution in [1.29, 1.82) is 0 Å². The van der Waals surface area contributed by atoms with E-state index in [4.69, 9.17) is 9.52 Å². The van der Waals surface area contributed by atoms with Crippen LogP contribution in [0, 0.1) is 0 Å². The minimum Gasteiger partial charge on any atom is -0.475 e. The van der Waals surface area contributed by atoms with Gasteiger partial charge < -0.3 is 19.2 Å². The highest BCUT2D eigenvalue weighted by Crippen LogP contribution is 2.20. The van der Waals surface area contributed by atoms with Crippen LogP contribution in [-0.4, -0.2) is 68.1 Å². The smallest absolute Gasteiger partial charge is 0.409 e. The number of piperazine rings is 1. The van der Waals surface area contributed by atoms with Gasteiger partial charge in [0, 0.05) is 26.2 Å². The van der Waals surface area contributed by atoms with Gasteiger partial charge in [0.05, 0.1) is 7.11 Å². The number of hydrogen-bond acceptors (Lipinski definition) is 6. The molecule has 0 aromatic carbocycles. The number of ether oxygens (including phenoxy) is 1. The molecular weight excluding hydrogens is 304 g/mol. The third kappa shape index (κ3) is 3.00. The fourth-order valence-corrected chi connectivity index (χ4v) is 3.27. The number of sulfonamides is 1. The summed E-state index contributed by atoms with van der Waals surface area (Å²) in [5, 5.41) is 8.31. The Hall–Kier alpha value is -2.07. The summed E-state index contributed by atoms with van der Waals surface area (Å²) in [6, 6.07) is 2.19. The molecular formula is C11H14N2O7S. The van der Waals surface area contributed by atoms with E-state index in [0.29, 0.717) is 0 Å². The van der Waals surface area contributed by atoms with E-state index in [1.165, 1.54) is 12.0 Å². The molecule has 0 bridgehead atoms. The molecule has 0 unspecified atom stereocenters. The van der Waals surface area contributed by atoms with E-state index in [-0.39, 0.29) is 26.2 Å². The van der Waals surface area contributed by atoms with Crippen LogP contribution in [0.2, 0.25) is 0 Å². The molecule has 0 radical (unpaired) electrons. The number of carbonyl (C=O) groups excluding carboxylic acids is 1. The molecule has 1 fully saturated rings. The number of carbonyl (C=O) groups is 2. The maximum Gasteiger partial charge on any atom is 0.409 e. The molecule has 9 nitrogen and oxygen atoms in total. The first-order valence-electron chi connectivity index (χ1n) is 6.02. The van der Waals surface area contributed by atoms with Crippen molar-refractivity contribution in [3.8, 4) is 0 Å². The normalized spacial score (nSPS) is 16.7. The number of furan rings is 1. The maximum atomic E-state index is 12.3. The minimum absolute atomic E-state index is 0.0839. The van der Waals surface area contributed by atoms with Gasteiger partial charge in [-0.05, 0) is 12.1 Å². The van der Waals surface area contributed by atoms with Gasteiger partial charge in [0.2, 0.25) is 10.9 Å². The number of rotatable bonds is 3. The van der Waals surface area contributed by atoms with Crippen LogP contribution in [0.1, 0.15) is 10.6 Å². The first-order chi connectivity index (χ1) is 9.86. The molecule has 0 saturated carbocycles. The van der Waals surface area contributed by atoms with E-state index in [2.05, 4.69) is 4.74 Å². The Morgan fingerprint density at radius 2 is 1.86 bits per heavy atom. The average Bonchev–Trinajstić information content (AvgIpc) is 2.97. The lowest BCUT2D eigenvalue weighted by Gasteiger charge is -2.32. The van der Waals surface area contributed by atoms with Gasteiger partial charge in [0.25, 0.3) is 10.0 Å². The molecule has 21 heavy (non-hydrogen) atoms. The highest BCUT2D eigenvalue weighted by Gasteiger charge is 2.32. The van der Waals surface area contributed by atoms with Crippen molar-refractivity contribution in [3.63, 3.8) is 0 Å². The van der Waals surface area contributed by atoms with Gasteiger partial charge in [-0.15, -0.1) is 0 Å². The first kappa shape index (κ1) is 15.3. The fourth-order valence-electron chi connectivity index (χ4n) is 1.94. The van der Waals surface area contributed by atoms with E-state index in [1.807, 2.05) is 0 Å². The Morgan fingerprint density at radius 1 is 1.24 bits per heavy atom. The fraction of sp³-hybridized carbons (Fsp3) is 0.455. The molecule has 1 amide bonds. The quantitative estimate of drug-likeness (QED) is 0.836. The van der Waals surface area contributed by atoms with Crippen LogP contribution >= 0.6 is 0 Å². The molecule has 1 aromatic rings. The lowest BCUT2D eigenvalue weighted by Crippen LogP contribution is -2.50. The van der Waals surface area contributed by atoms with E-state index in [1.54, 1.807) is 0 Å². The Balaban J connectivity index is 2.11. The van der Waals surface area contributed by atoms with Crippen molar-refractivity contribution in [2.75, 3.05) is 33.3 Å². The van der Waals surface area contributed by atoms with Gasteiger partial charge in [-0.2, -0.15) is 4.31 Å². The van der Waals surface area contributed by atoms with Crippen LogP contribution in [-0.2, 0) is 14.8 Å². The van der Waals surface area contributed by atoms with Gasteiger partial charge >= 0.3 is 12.1 Å². The molecule has 1 aromatic heterocycles. The SMILES string of the molecule is COC(=O)N1CCN(S(=O)(=O)c2ccc(C(=O)O)o2)CC1. The van der Waals surface area contributed by atoms with Crippen molar-refractivity contribution in [2.45, 2.75) is 5.09 Å². The molecule has 0 atom stereocenters. The Bertz CT molecular complexity index is 643. The van der Waals surface area contributed by atoms with Crippen LogP contribution < -0.4 is 0 Å². The van der Waals surface area contributed by atoms with Crippen molar-refractivity contribution in [2.24, 2.45) is 0 Å². The number of aromatic carboxylic acids is 1. The van der Waals surface area contributed by atoms with E-state index in [0.717, 1.165) is 16.4 Å². The lowest BCUT2D eigenvalue weighted by molar-refractivity contribution is 0.0655. The molecule has 1 saturated heterocycles. The first-order valence-corrected chi connectivity index (χ1v) is 7.46. The predicted molar refractivity (Wildman–Crippen MR) is 68.4 cm³/mol. The highest BCUT2D eigenvalue weighted by molar-refractivity contribution is 7.89. The van der Waals surface area contributed by atoms with Gasteiger partial charge in [-0.1, -0.05) is 0 Å². The van der Waals surface area contributed by atoms with Gasteiger partial charge in [-0.3, -0.25) is 0 Å². The summed E-state index contributed by atoms with van der Waals surface area (Å²) in [5.41, 5.74) is 0. The van der Waals surface area contributed by atoms with Crippen LogP contribution in [0.15, 0.2) is 21.6 Å². The molecule has 1 aliphatic rings. The summed E-state index contributed by atoms with van der Waals surface area (Å²) in [7, 11) is -2.65. The van der Waals surface area contributed by atoms with Crippen molar-refractivity contribution in [1.82, 2.24) is 9.21 Å². The Kier molecular flexibility index (Phi) is 4.19. The molecule has 1 aliphatic heterocycles. The second kappa shape index (κ2) is 5.74. The van der Waals surface area contributed by atoms with E-state index in [9.17, 15) is 18.0 Å². The second-order valence-corrected chi connectivity index (χ2v) is 6.15. The van der Waals surface area contributed by atoms with Gasteiger partial charge in [-0.25, -0.2) is 18.0 Å². The Labute approximate surface area is 120 Å². The number of carboxylic acid groups (broad SMARTS) is 1. The minimum atomic E-state index is -3.91. The molecule has 1 N–H and O–H groups in total. The number of hydrogen-bond donors (Lipinski definition) is 1. The van der Waals surface area contributed by atoms with Gasteiger partial charge in [0.15, 0.2) is 0 Å². The standard InChI is InChI=1S/C11H14N2O7S/c1-19-11(16)12-4-6-13(7-5-12)21(17,18)9-3-2-8(20-9)10(14)15/h2-3H,4-7H2,1H3,(H,14,15). The zero-order chi connectivity index (χ0) is 15.6. The number of nitrogens with zero attached hydrogens (tertiary/aromatic N) is 2. The number of methoxy groups -OCH3 is 1. The summed E-state index contributed by atoms with van der Waals surface area (Å²) >= 11 is 0. The van der Waals surface area contributed by atoms with Crippen LogP contribution in [0.4, 0.5) is 4.79 Å². The summed E-state index contributed by atoms with van der Waals surface area (Å²) in [6.45, 7) is 0.553. The molecule has 116 valence electrons. The third-order valence-electron chi connectivity index (χ3n) is 3.06. The van der Waals surface area contributed by atoms with Crippen LogP contribution in [0.5, 0.6) is 0 Å². The molecule has 0 aliphatic carbocycles. The van der Waals surface area contributed by atoms with Crippen LogP contribution in [0.3, 0.4) is 0 Å². The summed E-state index contributed by atoms with van der Waals surface area (Å²) < 4.78 is 35.1. The third-order valence-corrected chi connectivity index (χ3v) is 4.83. The highest BCUT2D eigenvalue weighted by atomic mass is 32.2. The van der Waals surface area contributed by atoms with Crippen molar-refractivity contribution in [3.05, 3.63) is 17.9 Å². The van der Waals surface area contributed by atoms with Crippen LogP contribution in [0.25, 0.3) is 0 Å². The summed E-state index contributed by atoms with van der Waals surface area (Å²) in [4.78, 5) is 23.4. The second-order valence-electron chi connectivity index (χ2n) is 4.28. The molecule has 10 heteroatoms. The van der Waals surface area contributed by atoms with E-state index < -0.39 is 32.9 Å². The van der Waals surface area contributed by atoms with Crippen molar-refractivity contribution >= 4 is 22.1 Å². The topological polar surface area (TPSA) is 117 Å². The average molecular weight is 318 g/mol. The van der Waals surface area contributed by atoms with E-state index >= 15 is 0 Å². The maximum absolute atomic E-state index is 12.3. The summed E-state index contributed by atoms with van der Waals surface area (Å²) in [5.74, 6) is -1.78. The number of carboxylic acids is 1. The largest absolute Gasteiger partial charge is 0.475 e. The van der Waals surface area contributed by atoms with Gasteiger partial charge in [0.1, 0.15) is 0 Å². The number of amides is 1. The Morgan fingerprint density at radius 3 is 2.33 bits per heavy atom. The zero-order valence-corrected chi connectivity index (χ0v) is 12.0. The lowest BCUT2D eigenvalue weighted by atomic mass is 10.4. The molecule has 2 rings (SSSR count). The predicted octanol–water partition coefficient (Wildman–Crippen LogP) is 0.0505. The summed E-state index contributed by atoms with van der Waals surface area (Å²) in [6.07, 6.45) is -0.516. The van der Waals surface area contributed by atoms with Crippen molar-refractivity contribution < 1.29 is 32.3 Å². The molecule has 0 spiro atoms. The monoisotopic (exact) mass is 318 g/mol. The zero-order valence-electron chi connectivity index (χ0n) is 11.2. The molecule has 2 heterocycles.